The van der Waals surface area contributed by atoms with E-state index in [-0.39, 0.29) is 18.7 Å². The Morgan fingerprint density at radius 1 is 1.20 bits per heavy atom. The minimum Gasteiger partial charge on any atom is -0.370 e. The molecule has 0 heterocycles. The van der Waals surface area contributed by atoms with Crippen LogP contribution in [0.25, 0.3) is 0 Å². The second kappa shape index (κ2) is 7.61. The molecule has 0 aromatic heterocycles. The van der Waals surface area contributed by atoms with E-state index >= 15 is 0 Å². The van der Waals surface area contributed by atoms with Gasteiger partial charge in [-0.25, -0.2) is 13.1 Å². The van der Waals surface area contributed by atoms with Crippen LogP contribution in [0, 0.1) is 0 Å². The topological polar surface area (TPSA) is 115 Å². The Morgan fingerprint density at radius 2 is 1.87 bits per heavy atom. The molecule has 0 spiro atoms. The standard InChI is InChI=1S/C8H19N3O3S/c9-5-1-2-7-15(13,14)11-6-3-4-8(10)12/h11H,1-7,9H2,(H2,10,12). The first-order valence-corrected chi connectivity index (χ1v) is 6.59. The van der Waals surface area contributed by atoms with Gasteiger partial charge in [-0.2, -0.15) is 0 Å². The summed E-state index contributed by atoms with van der Waals surface area (Å²) in [5.41, 5.74) is 10.2. The van der Waals surface area contributed by atoms with Gasteiger partial charge >= 0.3 is 0 Å². The van der Waals surface area contributed by atoms with E-state index in [1.54, 1.807) is 0 Å². The minimum absolute atomic E-state index is 0.0841. The molecule has 0 radical (unpaired) electrons. The number of sulfonamides is 1. The van der Waals surface area contributed by atoms with Crippen molar-refractivity contribution in [2.45, 2.75) is 25.7 Å². The summed E-state index contributed by atoms with van der Waals surface area (Å²) in [6.45, 7) is 0.755. The van der Waals surface area contributed by atoms with E-state index in [9.17, 15) is 13.2 Å². The quantitative estimate of drug-likeness (QED) is 0.442. The van der Waals surface area contributed by atoms with Gasteiger partial charge < -0.3 is 11.5 Å². The van der Waals surface area contributed by atoms with Crippen LogP contribution in [0.2, 0.25) is 0 Å². The number of unbranched alkanes of at least 4 members (excludes halogenated alkanes) is 1. The van der Waals surface area contributed by atoms with E-state index in [0.717, 1.165) is 0 Å². The first kappa shape index (κ1) is 14.3. The second-order valence-corrected chi connectivity index (χ2v) is 5.21. The average molecular weight is 237 g/mol. The van der Waals surface area contributed by atoms with Crippen LogP contribution in [0.15, 0.2) is 0 Å². The molecule has 0 unspecified atom stereocenters. The molecule has 1 amide bonds. The van der Waals surface area contributed by atoms with E-state index in [2.05, 4.69) is 4.72 Å². The SMILES string of the molecule is NCCCCS(=O)(=O)NCCCC(N)=O. The number of nitrogens with two attached hydrogens (primary N) is 2. The van der Waals surface area contributed by atoms with E-state index in [0.29, 0.717) is 25.8 Å². The predicted molar refractivity (Wildman–Crippen MR) is 58.5 cm³/mol. The molecule has 0 aromatic carbocycles. The van der Waals surface area contributed by atoms with Crippen molar-refractivity contribution < 1.29 is 13.2 Å². The maximum absolute atomic E-state index is 11.3. The van der Waals surface area contributed by atoms with Crippen molar-refractivity contribution >= 4 is 15.9 Å². The van der Waals surface area contributed by atoms with Crippen molar-refractivity contribution in [2.75, 3.05) is 18.8 Å². The summed E-state index contributed by atoms with van der Waals surface area (Å²) < 4.78 is 25.0. The number of rotatable bonds is 9. The molecule has 15 heavy (non-hydrogen) atoms. The number of nitrogens with one attached hydrogen (secondary N) is 1. The van der Waals surface area contributed by atoms with Crippen LogP contribution in [0.4, 0.5) is 0 Å². The fourth-order valence-corrected chi connectivity index (χ4v) is 2.18. The summed E-state index contributed by atoms with van der Waals surface area (Å²) in [5, 5.41) is 0. The molecule has 6 nitrogen and oxygen atoms in total. The molecule has 0 aliphatic rings. The monoisotopic (exact) mass is 237 g/mol. The van der Waals surface area contributed by atoms with Gasteiger partial charge in [0, 0.05) is 13.0 Å². The van der Waals surface area contributed by atoms with E-state index in [4.69, 9.17) is 11.5 Å². The summed E-state index contributed by atoms with van der Waals surface area (Å²) in [6.07, 6.45) is 1.89. The van der Waals surface area contributed by atoms with Crippen molar-refractivity contribution in [1.82, 2.24) is 4.72 Å². The molecule has 0 aromatic rings. The smallest absolute Gasteiger partial charge is 0.217 e. The first-order valence-electron chi connectivity index (χ1n) is 4.93. The Hall–Kier alpha value is -0.660. The highest BCUT2D eigenvalue weighted by atomic mass is 32.2. The fraction of sp³-hybridized carbons (Fsp3) is 0.875. The van der Waals surface area contributed by atoms with E-state index in [1.165, 1.54) is 0 Å². The van der Waals surface area contributed by atoms with Crippen LogP contribution in [-0.2, 0) is 14.8 Å². The van der Waals surface area contributed by atoms with Crippen molar-refractivity contribution in [3.8, 4) is 0 Å². The van der Waals surface area contributed by atoms with Crippen molar-refractivity contribution in [3.63, 3.8) is 0 Å². The van der Waals surface area contributed by atoms with Crippen LogP contribution >= 0.6 is 0 Å². The van der Waals surface area contributed by atoms with Gasteiger partial charge in [-0.15, -0.1) is 0 Å². The zero-order valence-corrected chi connectivity index (χ0v) is 9.55. The molecule has 0 aliphatic heterocycles. The van der Waals surface area contributed by atoms with Gasteiger partial charge in [0.15, 0.2) is 0 Å². The molecule has 0 fully saturated rings. The van der Waals surface area contributed by atoms with Crippen molar-refractivity contribution in [2.24, 2.45) is 11.5 Å². The molecule has 0 saturated heterocycles. The third-order valence-electron chi connectivity index (χ3n) is 1.79. The summed E-state index contributed by atoms with van der Waals surface area (Å²) in [4.78, 5) is 10.4. The maximum Gasteiger partial charge on any atom is 0.217 e. The zero-order chi connectivity index (χ0) is 11.7. The van der Waals surface area contributed by atoms with Gasteiger partial charge in [0.05, 0.1) is 5.75 Å². The van der Waals surface area contributed by atoms with Gasteiger partial charge in [-0.3, -0.25) is 4.79 Å². The van der Waals surface area contributed by atoms with Gasteiger partial charge in [0.25, 0.3) is 0 Å². The maximum atomic E-state index is 11.3. The van der Waals surface area contributed by atoms with E-state index < -0.39 is 15.9 Å². The van der Waals surface area contributed by atoms with Crippen LogP contribution in [0.5, 0.6) is 0 Å². The van der Waals surface area contributed by atoms with Gasteiger partial charge in [0.1, 0.15) is 0 Å². The molecule has 0 aliphatic carbocycles. The number of carbonyl (C=O) groups is 1. The fourth-order valence-electron chi connectivity index (χ4n) is 0.999. The number of carbonyl (C=O) groups excluding carboxylic acids is 1. The Bertz CT molecular complexity index is 277. The predicted octanol–water partition coefficient (Wildman–Crippen LogP) is -1.09. The van der Waals surface area contributed by atoms with E-state index in [1.807, 2.05) is 0 Å². The van der Waals surface area contributed by atoms with Crippen LogP contribution < -0.4 is 16.2 Å². The number of hydrogen-bond acceptors (Lipinski definition) is 4. The Labute approximate surface area is 90.4 Å². The van der Waals surface area contributed by atoms with Crippen LogP contribution in [0.1, 0.15) is 25.7 Å². The highest BCUT2D eigenvalue weighted by Crippen LogP contribution is 1.94. The number of amides is 1. The second-order valence-electron chi connectivity index (χ2n) is 3.28. The third-order valence-corrected chi connectivity index (χ3v) is 3.26. The summed E-state index contributed by atoms with van der Waals surface area (Å²) in [6, 6.07) is 0. The van der Waals surface area contributed by atoms with Crippen LogP contribution in [-0.4, -0.2) is 33.2 Å². The number of primary amides is 1. The molecule has 7 heteroatoms. The molecular formula is C8H19N3O3S. The van der Waals surface area contributed by atoms with Crippen molar-refractivity contribution in [3.05, 3.63) is 0 Å². The Kier molecular flexibility index (Phi) is 7.27. The highest BCUT2D eigenvalue weighted by molar-refractivity contribution is 7.89. The lowest BCUT2D eigenvalue weighted by Crippen LogP contribution is -2.28. The summed E-state index contributed by atoms with van der Waals surface area (Å²) in [7, 11) is -3.21. The highest BCUT2D eigenvalue weighted by Gasteiger charge is 2.08. The zero-order valence-electron chi connectivity index (χ0n) is 8.74. The molecule has 5 N–H and O–H groups in total. The molecular weight excluding hydrogens is 218 g/mol. The molecule has 0 atom stereocenters. The largest absolute Gasteiger partial charge is 0.370 e. The van der Waals surface area contributed by atoms with Crippen molar-refractivity contribution in [1.29, 1.82) is 0 Å². The van der Waals surface area contributed by atoms with Gasteiger partial charge in [-0.1, -0.05) is 0 Å². The summed E-state index contributed by atoms with van der Waals surface area (Å²) >= 11 is 0. The van der Waals surface area contributed by atoms with Gasteiger partial charge in [-0.05, 0) is 25.8 Å². The Balaban J connectivity index is 3.60. The molecule has 0 rings (SSSR count). The van der Waals surface area contributed by atoms with Gasteiger partial charge in [0.2, 0.25) is 15.9 Å². The minimum atomic E-state index is -3.21. The molecule has 0 bridgehead atoms. The Morgan fingerprint density at radius 3 is 2.40 bits per heavy atom. The molecule has 0 saturated carbocycles. The normalized spacial score (nSPS) is 11.5. The average Bonchev–Trinajstić information content (AvgIpc) is 2.13. The van der Waals surface area contributed by atoms with Crippen LogP contribution in [0.3, 0.4) is 0 Å². The lowest BCUT2D eigenvalue weighted by atomic mass is 10.3. The molecule has 90 valence electrons. The number of hydrogen-bond donors (Lipinski definition) is 3. The lowest BCUT2D eigenvalue weighted by Gasteiger charge is -2.05. The third kappa shape index (κ3) is 9.64. The first-order chi connectivity index (χ1) is 6.98. The summed E-state index contributed by atoms with van der Waals surface area (Å²) in [5.74, 6) is -0.335. The lowest BCUT2D eigenvalue weighted by molar-refractivity contribution is -0.118.